The molecule has 0 amide bonds. The van der Waals surface area contributed by atoms with Crippen molar-refractivity contribution in [2.24, 2.45) is 0 Å². The number of aromatic nitrogens is 2. The average Bonchev–Trinajstić information content (AvgIpc) is 2.84. The second-order valence-electron chi connectivity index (χ2n) is 7.29. The molecule has 1 aliphatic rings. The monoisotopic (exact) mass is 383 g/mol. The second kappa shape index (κ2) is 7.82. The number of benzene rings is 1. The molecule has 5 nitrogen and oxygen atoms in total. The molecule has 142 valence electrons. The van der Waals surface area contributed by atoms with Crippen molar-refractivity contribution in [1.82, 2.24) is 9.55 Å². The maximum atomic E-state index is 13.5. The van der Waals surface area contributed by atoms with Gasteiger partial charge >= 0.3 is 0 Å². The van der Waals surface area contributed by atoms with Gasteiger partial charge in [-0.15, -0.1) is 11.3 Å². The van der Waals surface area contributed by atoms with E-state index in [2.05, 4.69) is 5.32 Å². The summed E-state index contributed by atoms with van der Waals surface area (Å²) >= 11 is 1.66. The first kappa shape index (κ1) is 18.2. The number of aliphatic hydroxyl groups is 1. The summed E-state index contributed by atoms with van der Waals surface area (Å²) in [6.45, 7) is 2.55. The molecule has 1 aromatic carbocycles. The molecule has 4 rings (SSSR count). The standard InChI is InChI=1S/C21H25N3O2S/c1-14(25)12-22-21-23-19-18(16-10-6-3-7-11-17(16)27-19)20(26)24(21)13-15-8-4-2-5-9-15/h2,4-5,8-9,14,25H,3,6-7,10-13H2,1H3,(H,22,23). The van der Waals surface area contributed by atoms with E-state index in [1.807, 2.05) is 30.3 Å². The number of hydrogen-bond acceptors (Lipinski definition) is 5. The van der Waals surface area contributed by atoms with Crippen LogP contribution in [0.3, 0.4) is 0 Å². The highest BCUT2D eigenvalue weighted by Crippen LogP contribution is 2.33. The van der Waals surface area contributed by atoms with Crippen LogP contribution in [0.15, 0.2) is 35.1 Å². The minimum absolute atomic E-state index is 0.0244. The maximum absolute atomic E-state index is 13.5. The molecule has 0 bridgehead atoms. The van der Waals surface area contributed by atoms with Crippen molar-refractivity contribution in [3.05, 3.63) is 56.7 Å². The van der Waals surface area contributed by atoms with Crippen molar-refractivity contribution < 1.29 is 5.11 Å². The molecule has 0 saturated carbocycles. The highest BCUT2D eigenvalue weighted by atomic mass is 32.1. The van der Waals surface area contributed by atoms with E-state index in [0.717, 1.165) is 35.0 Å². The topological polar surface area (TPSA) is 67.2 Å². The lowest BCUT2D eigenvalue weighted by molar-refractivity contribution is 0.208. The van der Waals surface area contributed by atoms with Gasteiger partial charge in [-0.2, -0.15) is 0 Å². The van der Waals surface area contributed by atoms with E-state index in [9.17, 15) is 9.90 Å². The van der Waals surface area contributed by atoms with Gasteiger partial charge in [-0.25, -0.2) is 4.98 Å². The van der Waals surface area contributed by atoms with Gasteiger partial charge in [0.25, 0.3) is 5.56 Å². The molecule has 1 aliphatic carbocycles. The van der Waals surface area contributed by atoms with E-state index in [4.69, 9.17) is 4.98 Å². The Morgan fingerprint density at radius 1 is 1.22 bits per heavy atom. The fourth-order valence-corrected chi connectivity index (χ4v) is 4.95. The fraction of sp³-hybridized carbons (Fsp3) is 0.429. The lowest BCUT2D eigenvalue weighted by atomic mass is 10.1. The van der Waals surface area contributed by atoms with Crippen molar-refractivity contribution >= 4 is 27.5 Å². The van der Waals surface area contributed by atoms with Crippen LogP contribution in [0.2, 0.25) is 0 Å². The number of aliphatic hydroxyl groups excluding tert-OH is 1. The Morgan fingerprint density at radius 2 is 2.00 bits per heavy atom. The molecule has 3 aromatic rings. The summed E-state index contributed by atoms with van der Waals surface area (Å²) in [5.41, 5.74) is 2.30. The number of aryl methyl sites for hydroxylation is 2. The van der Waals surface area contributed by atoms with Crippen LogP contribution in [0.4, 0.5) is 5.95 Å². The van der Waals surface area contributed by atoms with E-state index in [1.54, 1.807) is 22.8 Å². The molecular weight excluding hydrogens is 358 g/mol. The second-order valence-corrected chi connectivity index (χ2v) is 8.37. The van der Waals surface area contributed by atoms with Gasteiger partial charge < -0.3 is 10.4 Å². The van der Waals surface area contributed by atoms with Crippen molar-refractivity contribution in [2.45, 2.75) is 51.7 Å². The van der Waals surface area contributed by atoms with Crippen molar-refractivity contribution in [3.63, 3.8) is 0 Å². The summed E-state index contributed by atoms with van der Waals surface area (Å²) in [5.74, 6) is 0.536. The van der Waals surface area contributed by atoms with E-state index < -0.39 is 6.10 Å². The number of thiophene rings is 1. The van der Waals surface area contributed by atoms with Gasteiger partial charge in [0, 0.05) is 11.4 Å². The van der Waals surface area contributed by atoms with Crippen LogP contribution in [0.1, 0.15) is 42.2 Å². The van der Waals surface area contributed by atoms with E-state index in [0.29, 0.717) is 19.0 Å². The fourth-order valence-electron chi connectivity index (χ4n) is 3.70. The molecule has 2 heterocycles. The lowest BCUT2D eigenvalue weighted by Crippen LogP contribution is -2.28. The van der Waals surface area contributed by atoms with Gasteiger partial charge in [0.05, 0.1) is 18.0 Å². The molecule has 6 heteroatoms. The van der Waals surface area contributed by atoms with Gasteiger partial charge in [-0.3, -0.25) is 9.36 Å². The van der Waals surface area contributed by atoms with E-state index in [-0.39, 0.29) is 5.56 Å². The summed E-state index contributed by atoms with van der Waals surface area (Å²) in [7, 11) is 0. The number of anilines is 1. The molecule has 1 unspecified atom stereocenters. The zero-order valence-corrected chi connectivity index (χ0v) is 16.4. The van der Waals surface area contributed by atoms with Crippen LogP contribution < -0.4 is 10.9 Å². The Bertz CT molecular complexity index is 992. The van der Waals surface area contributed by atoms with Gasteiger partial charge in [-0.05, 0) is 43.7 Å². The van der Waals surface area contributed by atoms with Crippen molar-refractivity contribution in [2.75, 3.05) is 11.9 Å². The first-order valence-electron chi connectivity index (χ1n) is 9.64. The SMILES string of the molecule is CC(O)CNc1nc2sc3c(c2c(=O)n1Cc1ccccc1)CCCCC3. The van der Waals surface area contributed by atoms with Gasteiger partial charge in [-0.1, -0.05) is 36.8 Å². The molecular formula is C21H25N3O2S. The molecule has 2 N–H and O–H groups in total. The van der Waals surface area contributed by atoms with Crippen molar-refractivity contribution in [1.29, 1.82) is 0 Å². The number of rotatable bonds is 5. The largest absolute Gasteiger partial charge is 0.392 e. The average molecular weight is 384 g/mol. The molecule has 0 spiro atoms. The molecule has 2 aromatic heterocycles. The molecule has 0 radical (unpaired) electrons. The molecule has 0 aliphatic heterocycles. The third-order valence-electron chi connectivity index (χ3n) is 5.06. The normalized spacial score (nSPS) is 15.3. The molecule has 1 atom stereocenters. The minimum atomic E-state index is -0.511. The van der Waals surface area contributed by atoms with Crippen LogP contribution in [-0.4, -0.2) is 27.3 Å². The Balaban J connectivity index is 1.85. The molecule has 0 saturated heterocycles. The predicted octanol–water partition coefficient (Wildman–Crippen LogP) is 3.57. The zero-order valence-electron chi connectivity index (χ0n) is 15.6. The summed E-state index contributed by atoms with van der Waals surface area (Å²) in [6, 6.07) is 9.96. The maximum Gasteiger partial charge on any atom is 0.264 e. The van der Waals surface area contributed by atoms with Crippen LogP contribution >= 0.6 is 11.3 Å². The van der Waals surface area contributed by atoms with Crippen LogP contribution in [0.25, 0.3) is 10.2 Å². The third kappa shape index (κ3) is 3.77. The summed E-state index contributed by atoms with van der Waals surface area (Å²) in [5, 5.41) is 13.6. The predicted molar refractivity (Wildman–Crippen MR) is 111 cm³/mol. The summed E-state index contributed by atoms with van der Waals surface area (Å²) in [6.07, 6.45) is 5.05. The summed E-state index contributed by atoms with van der Waals surface area (Å²) < 4.78 is 1.72. The van der Waals surface area contributed by atoms with E-state index in [1.165, 1.54) is 23.3 Å². The van der Waals surface area contributed by atoms with Gasteiger partial charge in [0.1, 0.15) is 4.83 Å². The van der Waals surface area contributed by atoms with E-state index >= 15 is 0 Å². The highest BCUT2D eigenvalue weighted by molar-refractivity contribution is 7.18. The minimum Gasteiger partial charge on any atom is -0.392 e. The van der Waals surface area contributed by atoms with Gasteiger partial charge in [0.2, 0.25) is 5.95 Å². The number of nitrogens with zero attached hydrogens (tertiary/aromatic N) is 2. The quantitative estimate of drug-likeness (QED) is 0.661. The number of nitrogens with one attached hydrogen (secondary N) is 1. The third-order valence-corrected chi connectivity index (χ3v) is 6.25. The van der Waals surface area contributed by atoms with Gasteiger partial charge in [0.15, 0.2) is 0 Å². The van der Waals surface area contributed by atoms with Crippen LogP contribution in [0.5, 0.6) is 0 Å². The number of fused-ring (bicyclic) bond motifs is 3. The van der Waals surface area contributed by atoms with Crippen LogP contribution in [0, 0.1) is 0 Å². The Morgan fingerprint density at radius 3 is 2.78 bits per heavy atom. The Kier molecular flexibility index (Phi) is 5.27. The first-order chi connectivity index (χ1) is 13.1. The molecule has 0 fully saturated rings. The lowest BCUT2D eigenvalue weighted by Gasteiger charge is -2.15. The van der Waals surface area contributed by atoms with Crippen molar-refractivity contribution in [3.8, 4) is 0 Å². The Hall–Kier alpha value is -2.18. The highest BCUT2D eigenvalue weighted by Gasteiger charge is 2.21. The number of hydrogen-bond donors (Lipinski definition) is 2. The zero-order chi connectivity index (χ0) is 18.8. The smallest absolute Gasteiger partial charge is 0.264 e. The Labute approximate surface area is 162 Å². The summed E-state index contributed by atoms with van der Waals surface area (Å²) in [4.78, 5) is 20.4. The molecule has 27 heavy (non-hydrogen) atoms. The first-order valence-corrected chi connectivity index (χ1v) is 10.5. The van der Waals surface area contributed by atoms with Crippen LogP contribution in [-0.2, 0) is 19.4 Å².